The van der Waals surface area contributed by atoms with Crippen molar-refractivity contribution in [2.75, 3.05) is 0 Å². The first-order valence-corrected chi connectivity index (χ1v) is 5.35. The quantitative estimate of drug-likeness (QED) is 0.858. The van der Waals surface area contributed by atoms with E-state index in [1.54, 1.807) is 0 Å². The van der Waals surface area contributed by atoms with Gasteiger partial charge < -0.3 is 10.8 Å². The Hall–Kier alpha value is -1.20. The molecule has 0 aliphatic heterocycles. The normalized spacial score (nSPS) is 12.8. The molecule has 6 heteroatoms. The number of carboxylic acid groups (broad SMARTS) is 1. The third-order valence-corrected chi connectivity index (χ3v) is 2.70. The smallest absolute Gasteiger partial charge is 0.303 e. The standard InChI is InChI=1S/C11H12ClF2NO2/c12-7-3-1-2-6(10(7)11(13)14)8(15)4-5-9(16)17/h1-3,8,11H,4-5,15H2,(H,16,17). The summed E-state index contributed by atoms with van der Waals surface area (Å²) in [5.74, 6) is -1.01. The van der Waals surface area contributed by atoms with Crippen LogP contribution in [0.3, 0.4) is 0 Å². The van der Waals surface area contributed by atoms with Crippen molar-refractivity contribution in [3.05, 3.63) is 34.3 Å². The Morgan fingerprint density at radius 3 is 2.65 bits per heavy atom. The van der Waals surface area contributed by atoms with Crippen LogP contribution in [0.25, 0.3) is 0 Å². The predicted molar refractivity (Wildman–Crippen MR) is 60.2 cm³/mol. The molecule has 0 saturated heterocycles. The summed E-state index contributed by atoms with van der Waals surface area (Å²) in [6, 6.07) is 3.56. The molecule has 3 N–H and O–H groups in total. The van der Waals surface area contributed by atoms with E-state index in [1.165, 1.54) is 18.2 Å². The second kappa shape index (κ2) is 5.93. The monoisotopic (exact) mass is 263 g/mol. The lowest BCUT2D eigenvalue weighted by molar-refractivity contribution is -0.137. The maximum Gasteiger partial charge on any atom is 0.303 e. The molecule has 0 fully saturated rings. The molecule has 1 atom stereocenters. The molecule has 0 aromatic heterocycles. The van der Waals surface area contributed by atoms with Crippen LogP contribution in [0, 0.1) is 0 Å². The number of nitrogens with two attached hydrogens (primary N) is 1. The van der Waals surface area contributed by atoms with Crippen molar-refractivity contribution in [1.29, 1.82) is 0 Å². The predicted octanol–water partition coefficient (Wildman–Crippen LogP) is 3.14. The lowest BCUT2D eigenvalue weighted by Crippen LogP contribution is -2.14. The van der Waals surface area contributed by atoms with Crippen LogP contribution >= 0.6 is 11.6 Å². The van der Waals surface area contributed by atoms with E-state index >= 15 is 0 Å². The van der Waals surface area contributed by atoms with Gasteiger partial charge in [-0.1, -0.05) is 23.7 Å². The van der Waals surface area contributed by atoms with Crippen molar-refractivity contribution in [2.45, 2.75) is 25.3 Å². The average molecular weight is 264 g/mol. The third kappa shape index (κ3) is 3.64. The molecule has 0 spiro atoms. The van der Waals surface area contributed by atoms with E-state index in [0.29, 0.717) is 0 Å². The minimum absolute atomic E-state index is 0.0525. The fourth-order valence-corrected chi connectivity index (χ4v) is 1.81. The SMILES string of the molecule is NC(CCC(=O)O)c1cccc(Cl)c1C(F)F. The number of aliphatic carboxylic acids is 1. The van der Waals surface area contributed by atoms with Crippen molar-refractivity contribution < 1.29 is 18.7 Å². The van der Waals surface area contributed by atoms with Crippen LogP contribution < -0.4 is 5.73 Å². The second-order valence-corrected chi connectivity index (χ2v) is 3.99. The van der Waals surface area contributed by atoms with Gasteiger partial charge in [0.15, 0.2) is 0 Å². The van der Waals surface area contributed by atoms with Crippen LogP contribution in [0.15, 0.2) is 18.2 Å². The molecule has 0 saturated carbocycles. The van der Waals surface area contributed by atoms with Gasteiger partial charge in [0.2, 0.25) is 0 Å². The first-order valence-electron chi connectivity index (χ1n) is 4.97. The largest absolute Gasteiger partial charge is 0.481 e. The molecule has 1 aromatic rings. The first-order chi connectivity index (χ1) is 7.93. The molecule has 0 bridgehead atoms. The van der Waals surface area contributed by atoms with E-state index in [9.17, 15) is 13.6 Å². The Labute approximate surface area is 102 Å². The molecule has 0 amide bonds. The van der Waals surface area contributed by atoms with Crippen molar-refractivity contribution in [3.63, 3.8) is 0 Å². The van der Waals surface area contributed by atoms with Gasteiger partial charge in [0.05, 0.1) is 0 Å². The molecule has 17 heavy (non-hydrogen) atoms. The average Bonchev–Trinajstić information content (AvgIpc) is 2.24. The van der Waals surface area contributed by atoms with Crippen molar-refractivity contribution >= 4 is 17.6 Å². The van der Waals surface area contributed by atoms with E-state index in [1.807, 2.05) is 0 Å². The highest BCUT2D eigenvalue weighted by Gasteiger charge is 2.21. The lowest BCUT2D eigenvalue weighted by atomic mass is 9.97. The summed E-state index contributed by atoms with van der Waals surface area (Å²) in [5.41, 5.74) is 5.59. The fraction of sp³-hybridized carbons (Fsp3) is 0.364. The van der Waals surface area contributed by atoms with Crippen LogP contribution in [0.4, 0.5) is 8.78 Å². The van der Waals surface area contributed by atoms with Gasteiger partial charge in [0.25, 0.3) is 6.43 Å². The second-order valence-electron chi connectivity index (χ2n) is 3.58. The van der Waals surface area contributed by atoms with Gasteiger partial charge in [0.1, 0.15) is 0 Å². The van der Waals surface area contributed by atoms with Gasteiger partial charge >= 0.3 is 5.97 Å². The summed E-state index contributed by atoms with van der Waals surface area (Å²) in [6.45, 7) is 0. The summed E-state index contributed by atoms with van der Waals surface area (Å²) >= 11 is 5.68. The fourth-order valence-electron chi connectivity index (χ4n) is 1.54. The van der Waals surface area contributed by atoms with Crippen molar-refractivity contribution in [2.24, 2.45) is 5.73 Å². The zero-order valence-corrected chi connectivity index (χ0v) is 9.62. The first kappa shape index (κ1) is 13.9. The molecule has 1 unspecified atom stereocenters. The third-order valence-electron chi connectivity index (χ3n) is 2.37. The zero-order chi connectivity index (χ0) is 13.0. The Morgan fingerprint density at radius 2 is 2.12 bits per heavy atom. The summed E-state index contributed by atoms with van der Waals surface area (Å²) in [5, 5.41) is 8.46. The summed E-state index contributed by atoms with van der Waals surface area (Å²) in [7, 11) is 0. The van der Waals surface area contributed by atoms with Gasteiger partial charge in [0, 0.05) is 23.0 Å². The number of hydrogen-bond acceptors (Lipinski definition) is 2. The molecule has 94 valence electrons. The number of carboxylic acids is 1. The van der Waals surface area contributed by atoms with Gasteiger partial charge in [-0.25, -0.2) is 8.78 Å². The maximum atomic E-state index is 12.8. The van der Waals surface area contributed by atoms with E-state index < -0.39 is 18.4 Å². The molecule has 1 aromatic carbocycles. The van der Waals surface area contributed by atoms with Gasteiger partial charge in [-0.2, -0.15) is 0 Å². The van der Waals surface area contributed by atoms with Crippen molar-refractivity contribution in [3.8, 4) is 0 Å². The van der Waals surface area contributed by atoms with Crippen LogP contribution in [0.1, 0.15) is 36.4 Å². The highest BCUT2D eigenvalue weighted by molar-refractivity contribution is 6.31. The molecule has 0 aliphatic carbocycles. The Kier molecular flexibility index (Phi) is 4.84. The van der Waals surface area contributed by atoms with Gasteiger partial charge in [-0.3, -0.25) is 4.79 Å². The molecule has 0 aliphatic rings. The number of benzene rings is 1. The Bertz CT molecular complexity index is 412. The summed E-state index contributed by atoms with van der Waals surface area (Å²) in [6.07, 6.45) is -2.80. The zero-order valence-electron chi connectivity index (χ0n) is 8.87. The van der Waals surface area contributed by atoms with E-state index in [2.05, 4.69) is 0 Å². The minimum atomic E-state index is -2.73. The van der Waals surface area contributed by atoms with Gasteiger partial charge in [-0.05, 0) is 18.1 Å². The van der Waals surface area contributed by atoms with Crippen LogP contribution in [-0.4, -0.2) is 11.1 Å². The number of carbonyl (C=O) groups is 1. The highest BCUT2D eigenvalue weighted by atomic mass is 35.5. The number of halogens is 3. The molecule has 0 heterocycles. The number of hydrogen-bond donors (Lipinski definition) is 2. The molecular formula is C11H12ClF2NO2. The maximum absolute atomic E-state index is 12.8. The van der Waals surface area contributed by atoms with Gasteiger partial charge in [-0.15, -0.1) is 0 Å². The van der Waals surface area contributed by atoms with E-state index in [0.717, 1.165) is 0 Å². The molecule has 0 radical (unpaired) electrons. The van der Waals surface area contributed by atoms with Crippen LogP contribution in [0.2, 0.25) is 5.02 Å². The Balaban J connectivity index is 2.96. The van der Waals surface area contributed by atoms with Crippen LogP contribution in [-0.2, 0) is 4.79 Å². The summed E-state index contributed by atoms with van der Waals surface area (Å²) in [4.78, 5) is 10.4. The molecular weight excluding hydrogens is 252 g/mol. The number of alkyl halides is 2. The highest BCUT2D eigenvalue weighted by Crippen LogP contribution is 2.33. The van der Waals surface area contributed by atoms with E-state index in [4.69, 9.17) is 22.4 Å². The molecule has 1 rings (SSSR count). The lowest BCUT2D eigenvalue weighted by Gasteiger charge is -2.16. The topological polar surface area (TPSA) is 63.3 Å². The number of rotatable bonds is 5. The van der Waals surface area contributed by atoms with Crippen LogP contribution in [0.5, 0.6) is 0 Å². The minimum Gasteiger partial charge on any atom is -0.481 e. The molecule has 3 nitrogen and oxygen atoms in total. The Morgan fingerprint density at radius 1 is 1.47 bits per heavy atom. The van der Waals surface area contributed by atoms with E-state index in [-0.39, 0.29) is 29.0 Å². The van der Waals surface area contributed by atoms with Crippen molar-refractivity contribution in [1.82, 2.24) is 0 Å². The summed E-state index contributed by atoms with van der Waals surface area (Å²) < 4.78 is 25.6.